The van der Waals surface area contributed by atoms with E-state index in [2.05, 4.69) is 20.4 Å². The second kappa shape index (κ2) is 5.14. The van der Waals surface area contributed by atoms with E-state index in [-0.39, 0.29) is 11.1 Å². The Labute approximate surface area is 109 Å². The number of halogens is 1. The largest absolute Gasteiger partial charge is 0.305 e. The maximum atomic E-state index is 12.0. The van der Waals surface area contributed by atoms with E-state index in [1.807, 2.05) is 13.8 Å². The average Bonchev–Trinajstić information content (AvgIpc) is 2.70. The minimum Gasteiger partial charge on any atom is -0.305 e. The van der Waals surface area contributed by atoms with Gasteiger partial charge >= 0.3 is 0 Å². The predicted molar refractivity (Wildman–Crippen MR) is 67.6 cm³/mol. The van der Waals surface area contributed by atoms with Crippen LogP contribution in [0.1, 0.15) is 23.1 Å². The van der Waals surface area contributed by atoms with Crippen LogP contribution >= 0.6 is 11.6 Å². The number of hydrogen-bond donors (Lipinski definition) is 1. The Kier molecular flexibility index (Phi) is 3.57. The average molecular weight is 266 g/mol. The van der Waals surface area contributed by atoms with Crippen molar-refractivity contribution in [1.29, 1.82) is 0 Å². The molecule has 0 fully saturated rings. The number of hydrogen-bond acceptors (Lipinski definition) is 4. The molecule has 0 bridgehead atoms. The van der Waals surface area contributed by atoms with E-state index in [9.17, 15) is 4.79 Å². The zero-order valence-corrected chi connectivity index (χ0v) is 10.8. The summed E-state index contributed by atoms with van der Waals surface area (Å²) in [4.78, 5) is 19.7. The van der Waals surface area contributed by atoms with Crippen molar-refractivity contribution in [3.8, 4) is 0 Å². The van der Waals surface area contributed by atoms with Gasteiger partial charge in [-0.3, -0.25) is 9.48 Å². The maximum absolute atomic E-state index is 12.0. The minimum atomic E-state index is -0.271. The summed E-state index contributed by atoms with van der Waals surface area (Å²) in [7, 11) is 0. The summed E-state index contributed by atoms with van der Waals surface area (Å²) in [5, 5.41) is 7.14. The van der Waals surface area contributed by atoms with Gasteiger partial charge in [0, 0.05) is 12.6 Å². The first-order valence-corrected chi connectivity index (χ1v) is 5.81. The minimum absolute atomic E-state index is 0.271. The smallest absolute Gasteiger partial charge is 0.275 e. The van der Waals surface area contributed by atoms with Crippen LogP contribution in [0.2, 0.25) is 5.15 Å². The molecular formula is C11H12ClN5O. The highest BCUT2D eigenvalue weighted by molar-refractivity contribution is 6.29. The SMILES string of the molecule is CCn1nc(C)cc1C(=O)Nc1cc(Cl)ncn1. The van der Waals surface area contributed by atoms with Crippen molar-refractivity contribution < 1.29 is 4.79 Å². The van der Waals surface area contributed by atoms with Crippen LogP contribution in [0.5, 0.6) is 0 Å². The molecule has 0 spiro atoms. The van der Waals surface area contributed by atoms with Crippen molar-refractivity contribution in [2.45, 2.75) is 20.4 Å². The molecule has 2 heterocycles. The fraction of sp³-hybridized carbons (Fsp3) is 0.273. The van der Waals surface area contributed by atoms with E-state index in [0.29, 0.717) is 18.1 Å². The molecule has 1 N–H and O–H groups in total. The van der Waals surface area contributed by atoms with Gasteiger partial charge in [-0.15, -0.1) is 0 Å². The standard InChI is InChI=1S/C11H12ClN5O/c1-3-17-8(4-7(2)16-17)11(18)15-10-5-9(12)13-6-14-10/h4-6H,3H2,1-2H3,(H,13,14,15,18). The first-order chi connectivity index (χ1) is 8.60. The van der Waals surface area contributed by atoms with Crippen molar-refractivity contribution in [2.24, 2.45) is 0 Å². The zero-order chi connectivity index (χ0) is 13.1. The molecule has 0 aliphatic heterocycles. The van der Waals surface area contributed by atoms with Crippen LogP contribution in [0.25, 0.3) is 0 Å². The molecule has 7 heteroatoms. The van der Waals surface area contributed by atoms with Crippen molar-refractivity contribution in [1.82, 2.24) is 19.7 Å². The number of nitrogens with zero attached hydrogens (tertiary/aromatic N) is 4. The first-order valence-electron chi connectivity index (χ1n) is 5.43. The summed E-state index contributed by atoms with van der Waals surface area (Å²) in [5.41, 5.74) is 1.28. The maximum Gasteiger partial charge on any atom is 0.275 e. The molecule has 0 saturated carbocycles. The molecule has 2 aromatic heterocycles. The van der Waals surface area contributed by atoms with E-state index in [1.54, 1.807) is 10.7 Å². The summed E-state index contributed by atoms with van der Waals surface area (Å²) in [6.07, 6.45) is 1.29. The van der Waals surface area contributed by atoms with Crippen molar-refractivity contribution in [3.05, 3.63) is 35.0 Å². The monoisotopic (exact) mass is 265 g/mol. The van der Waals surface area contributed by atoms with Crippen LogP contribution in [-0.2, 0) is 6.54 Å². The van der Waals surface area contributed by atoms with Gasteiger partial charge in [0.05, 0.1) is 5.69 Å². The summed E-state index contributed by atoms with van der Waals surface area (Å²) in [6, 6.07) is 3.21. The highest BCUT2D eigenvalue weighted by atomic mass is 35.5. The van der Waals surface area contributed by atoms with E-state index in [4.69, 9.17) is 11.6 Å². The number of nitrogens with one attached hydrogen (secondary N) is 1. The fourth-order valence-corrected chi connectivity index (χ4v) is 1.70. The van der Waals surface area contributed by atoms with Crippen LogP contribution in [0.15, 0.2) is 18.5 Å². The normalized spacial score (nSPS) is 10.4. The lowest BCUT2D eigenvalue weighted by molar-refractivity contribution is 0.101. The second-order valence-corrected chi connectivity index (χ2v) is 4.05. The highest BCUT2D eigenvalue weighted by Gasteiger charge is 2.13. The fourth-order valence-electron chi connectivity index (χ4n) is 1.55. The molecule has 2 aromatic rings. The lowest BCUT2D eigenvalue weighted by Crippen LogP contribution is -2.18. The van der Waals surface area contributed by atoms with Gasteiger partial charge < -0.3 is 5.32 Å². The quantitative estimate of drug-likeness (QED) is 0.861. The lowest BCUT2D eigenvalue weighted by atomic mass is 10.3. The van der Waals surface area contributed by atoms with Crippen LogP contribution in [0, 0.1) is 6.92 Å². The number of aryl methyl sites for hydroxylation is 2. The molecule has 0 aromatic carbocycles. The molecule has 0 aliphatic carbocycles. The highest BCUT2D eigenvalue weighted by Crippen LogP contribution is 2.11. The molecule has 0 unspecified atom stereocenters. The molecule has 0 radical (unpaired) electrons. The molecular weight excluding hydrogens is 254 g/mol. The van der Waals surface area contributed by atoms with Gasteiger partial charge in [-0.1, -0.05) is 11.6 Å². The third kappa shape index (κ3) is 2.65. The second-order valence-electron chi connectivity index (χ2n) is 3.67. The number of anilines is 1. The van der Waals surface area contributed by atoms with Crippen molar-refractivity contribution in [2.75, 3.05) is 5.32 Å². The van der Waals surface area contributed by atoms with Crippen LogP contribution in [0.3, 0.4) is 0 Å². The zero-order valence-electron chi connectivity index (χ0n) is 10.0. The van der Waals surface area contributed by atoms with Gasteiger partial charge in [-0.05, 0) is 19.9 Å². The number of carbonyl (C=O) groups is 1. The number of rotatable bonds is 3. The summed E-state index contributed by atoms with van der Waals surface area (Å²) in [6.45, 7) is 4.39. The third-order valence-corrected chi connectivity index (χ3v) is 2.52. The van der Waals surface area contributed by atoms with Crippen molar-refractivity contribution >= 4 is 23.3 Å². The summed E-state index contributed by atoms with van der Waals surface area (Å²) in [5.74, 6) is 0.0914. The summed E-state index contributed by atoms with van der Waals surface area (Å²) >= 11 is 5.72. The Morgan fingerprint density at radius 2 is 2.22 bits per heavy atom. The molecule has 18 heavy (non-hydrogen) atoms. The molecule has 0 atom stereocenters. The number of amides is 1. The first kappa shape index (κ1) is 12.5. The van der Waals surface area contributed by atoms with Gasteiger partial charge in [0.15, 0.2) is 0 Å². The Morgan fingerprint density at radius 1 is 1.44 bits per heavy atom. The molecule has 2 rings (SSSR count). The van der Waals surface area contributed by atoms with Crippen LogP contribution in [-0.4, -0.2) is 25.7 Å². The van der Waals surface area contributed by atoms with E-state index in [0.717, 1.165) is 5.69 Å². The van der Waals surface area contributed by atoms with E-state index >= 15 is 0 Å². The van der Waals surface area contributed by atoms with Gasteiger partial charge in [-0.2, -0.15) is 5.10 Å². The Hall–Kier alpha value is -1.95. The van der Waals surface area contributed by atoms with Crippen molar-refractivity contribution in [3.63, 3.8) is 0 Å². The lowest BCUT2D eigenvalue weighted by Gasteiger charge is -2.05. The topological polar surface area (TPSA) is 72.7 Å². The van der Waals surface area contributed by atoms with Crippen LogP contribution in [0.4, 0.5) is 5.82 Å². The number of aromatic nitrogens is 4. The van der Waals surface area contributed by atoms with E-state index in [1.165, 1.54) is 12.4 Å². The Bertz CT molecular complexity index is 581. The van der Waals surface area contributed by atoms with Crippen LogP contribution < -0.4 is 5.32 Å². The predicted octanol–water partition coefficient (Wildman–Crippen LogP) is 1.91. The molecule has 6 nitrogen and oxygen atoms in total. The Balaban J connectivity index is 2.21. The molecule has 1 amide bonds. The van der Waals surface area contributed by atoms with Gasteiger partial charge in [0.25, 0.3) is 5.91 Å². The summed E-state index contributed by atoms with van der Waals surface area (Å²) < 4.78 is 1.63. The molecule has 0 saturated heterocycles. The van der Waals surface area contributed by atoms with Gasteiger partial charge in [0.2, 0.25) is 0 Å². The van der Waals surface area contributed by atoms with Gasteiger partial charge in [-0.25, -0.2) is 9.97 Å². The van der Waals surface area contributed by atoms with E-state index < -0.39 is 0 Å². The number of carbonyl (C=O) groups excluding carboxylic acids is 1. The van der Waals surface area contributed by atoms with Gasteiger partial charge in [0.1, 0.15) is 23.0 Å². The Morgan fingerprint density at radius 3 is 2.89 bits per heavy atom. The third-order valence-electron chi connectivity index (χ3n) is 2.31. The molecule has 94 valence electrons. The molecule has 0 aliphatic rings.